The molecule has 3 aromatic carbocycles. The highest BCUT2D eigenvalue weighted by Crippen LogP contribution is 2.34. The smallest absolute Gasteiger partial charge is 0.294 e. The van der Waals surface area contributed by atoms with Crippen LogP contribution in [0.15, 0.2) is 77.7 Å². The highest BCUT2D eigenvalue weighted by atomic mass is 32.2. The molecule has 1 fully saturated rings. The molecule has 0 aliphatic carbocycles. The molecule has 1 N–H and O–H groups in total. The summed E-state index contributed by atoms with van der Waals surface area (Å²) in [6, 6.07) is 20.3. The SMILES string of the molecule is Cc1cccc(NC(=O)CN2C(=O)S/C(=C\c3ccccc3OCc3ccc(F)cc3)C2=O)c1. The number of benzene rings is 3. The van der Waals surface area contributed by atoms with Crippen molar-refractivity contribution in [3.05, 3.63) is 100 Å². The van der Waals surface area contributed by atoms with Gasteiger partial charge in [0, 0.05) is 11.3 Å². The summed E-state index contributed by atoms with van der Waals surface area (Å²) in [6.07, 6.45) is 1.57. The number of thioether (sulfide) groups is 1. The van der Waals surface area contributed by atoms with E-state index < -0.39 is 17.1 Å². The number of hydrogen-bond donors (Lipinski definition) is 1. The normalized spacial score (nSPS) is 14.5. The molecule has 1 heterocycles. The lowest BCUT2D eigenvalue weighted by Gasteiger charge is -2.13. The first kappa shape index (κ1) is 23.3. The van der Waals surface area contributed by atoms with Crippen LogP contribution < -0.4 is 10.1 Å². The lowest BCUT2D eigenvalue weighted by molar-refractivity contribution is -0.127. The van der Waals surface area contributed by atoms with Crippen molar-refractivity contribution in [1.29, 1.82) is 0 Å². The van der Waals surface area contributed by atoms with Crippen LogP contribution in [0.4, 0.5) is 14.9 Å². The number of nitrogens with zero attached hydrogens (tertiary/aromatic N) is 1. The minimum atomic E-state index is -0.539. The Hall–Kier alpha value is -3.91. The zero-order valence-electron chi connectivity index (χ0n) is 18.3. The number of carbonyl (C=O) groups excluding carboxylic acids is 3. The zero-order valence-corrected chi connectivity index (χ0v) is 19.1. The molecule has 3 aromatic rings. The van der Waals surface area contributed by atoms with E-state index in [9.17, 15) is 18.8 Å². The summed E-state index contributed by atoms with van der Waals surface area (Å²) in [5.41, 5.74) is 2.97. The van der Waals surface area contributed by atoms with Crippen LogP contribution in [-0.4, -0.2) is 28.5 Å². The molecule has 0 saturated carbocycles. The average molecular weight is 477 g/mol. The fourth-order valence-corrected chi connectivity index (χ4v) is 4.15. The van der Waals surface area contributed by atoms with Crippen LogP contribution in [0.3, 0.4) is 0 Å². The van der Waals surface area contributed by atoms with Crippen LogP contribution in [0.5, 0.6) is 5.75 Å². The van der Waals surface area contributed by atoms with Gasteiger partial charge in [-0.1, -0.05) is 42.5 Å². The quantitative estimate of drug-likeness (QED) is 0.463. The molecular formula is C26H21FN2O4S. The fraction of sp³-hybridized carbons (Fsp3) is 0.115. The third-order valence-electron chi connectivity index (χ3n) is 4.99. The third-order valence-corrected chi connectivity index (χ3v) is 5.90. The number of para-hydroxylation sites is 1. The summed E-state index contributed by atoms with van der Waals surface area (Å²) in [5, 5.41) is 2.19. The van der Waals surface area contributed by atoms with Crippen LogP contribution in [0.25, 0.3) is 6.08 Å². The molecule has 8 heteroatoms. The summed E-state index contributed by atoms with van der Waals surface area (Å²) >= 11 is 0.773. The Morgan fingerprint density at radius 3 is 2.59 bits per heavy atom. The van der Waals surface area contributed by atoms with E-state index in [4.69, 9.17) is 4.74 Å². The molecule has 0 aromatic heterocycles. The number of nitrogens with one attached hydrogen (secondary N) is 1. The maximum atomic E-state index is 13.1. The van der Waals surface area contributed by atoms with Crippen molar-refractivity contribution in [3.8, 4) is 5.75 Å². The molecular weight excluding hydrogens is 455 g/mol. The third kappa shape index (κ3) is 5.71. The van der Waals surface area contributed by atoms with Gasteiger partial charge >= 0.3 is 0 Å². The van der Waals surface area contributed by atoms with Crippen molar-refractivity contribution in [3.63, 3.8) is 0 Å². The molecule has 3 amide bonds. The van der Waals surface area contributed by atoms with Gasteiger partial charge in [-0.05, 0) is 66.2 Å². The van der Waals surface area contributed by atoms with E-state index in [-0.39, 0.29) is 23.9 Å². The Bertz CT molecular complexity index is 1270. The van der Waals surface area contributed by atoms with E-state index in [0.717, 1.165) is 27.8 Å². The second-order valence-electron chi connectivity index (χ2n) is 7.64. The van der Waals surface area contributed by atoms with Gasteiger partial charge in [-0.2, -0.15) is 0 Å². The second-order valence-corrected chi connectivity index (χ2v) is 8.63. The van der Waals surface area contributed by atoms with Gasteiger partial charge in [0.05, 0.1) is 4.91 Å². The predicted molar refractivity (Wildman–Crippen MR) is 130 cm³/mol. The van der Waals surface area contributed by atoms with Gasteiger partial charge in [-0.15, -0.1) is 0 Å². The molecule has 0 bridgehead atoms. The Labute approximate surface area is 200 Å². The maximum Gasteiger partial charge on any atom is 0.294 e. The monoisotopic (exact) mass is 476 g/mol. The van der Waals surface area contributed by atoms with Crippen molar-refractivity contribution in [2.45, 2.75) is 13.5 Å². The molecule has 6 nitrogen and oxygen atoms in total. The summed E-state index contributed by atoms with van der Waals surface area (Å²) in [7, 11) is 0. The molecule has 0 unspecified atom stereocenters. The van der Waals surface area contributed by atoms with Crippen LogP contribution in [0.2, 0.25) is 0 Å². The van der Waals surface area contributed by atoms with Crippen LogP contribution in [-0.2, 0) is 16.2 Å². The van der Waals surface area contributed by atoms with Crippen LogP contribution in [0.1, 0.15) is 16.7 Å². The Kier molecular flexibility index (Phi) is 7.08. The van der Waals surface area contributed by atoms with Crippen LogP contribution >= 0.6 is 11.8 Å². The number of imide groups is 1. The molecule has 1 aliphatic rings. The molecule has 0 atom stereocenters. The Morgan fingerprint density at radius 2 is 1.82 bits per heavy atom. The Morgan fingerprint density at radius 1 is 1.06 bits per heavy atom. The molecule has 4 rings (SSSR count). The van der Waals surface area contributed by atoms with E-state index in [1.54, 1.807) is 54.6 Å². The second kappa shape index (κ2) is 10.4. The van der Waals surface area contributed by atoms with Gasteiger partial charge in [-0.25, -0.2) is 4.39 Å². The lowest BCUT2D eigenvalue weighted by atomic mass is 10.1. The minimum Gasteiger partial charge on any atom is -0.488 e. The molecule has 1 aliphatic heterocycles. The number of anilines is 1. The maximum absolute atomic E-state index is 13.1. The van der Waals surface area contributed by atoms with Gasteiger partial charge in [-0.3, -0.25) is 19.3 Å². The van der Waals surface area contributed by atoms with Crippen molar-refractivity contribution >= 4 is 40.6 Å². The average Bonchev–Trinajstić information content (AvgIpc) is 3.07. The lowest BCUT2D eigenvalue weighted by Crippen LogP contribution is -2.36. The number of hydrogen-bond acceptors (Lipinski definition) is 5. The fourth-order valence-electron chi connectivity index (χ4n) is 3.32. The summed E-state index contributed by atoms with van der Waals surface area (Å²) in [5.74, 6) is -0.817. The van der Waals surface area contributed by atoms with Crippen molar-refractivity contribution in [1.82, 2.24) is 4.90 Å². The summed E-state index contributed by atoms with van der Waals surface area (Å²) in [6.45, 7) is 1.74. The zero-order chi connectivity index (χ0) is 24.1. The number of amides is 3. The van der Waals surface area contributed by atoms with Gasteiger partial charge in [0.1, 0.15) is 24.7 Å². The van der Waals surface area contributed by atoms with Gasteiger partial charge in [0.2, 0.25) is 5.91 Å². The standard InChI is InChI=1S/C26H21FN2O4S/c1-17-5-4-7-21(13-17)28-24(30)15-29-25(31)23(34-26(29)32)14-19-6-2-3-8-22(19)33-16-18-9-11-20(27)12-10-18/h2-14H,15-16H2,1H3,(H,28,30)/b23-14-. The van der Waals surface area contributed by atoms with Gasteiger partial charge < -0.3 is 10.1 Å². The van der Waals surface area contributed by atoms with E-state index in [1.807, 2.05) is 19.1 Å². The highest BCUT2D eigenvalue weighted by molar-refractivity contribution is 8.18. The van der Waals surface area contributed by atoms with E-state index in [0.29, 0.717) is 17.0 Å². The Balaban J connectivity index is 1.44. The first-order valence-electron chi connectivity index (χ1n) is 10.5. The predicted octanol–water partition coefficient (Wildman–Crippen LogP) is 5.39. The molecule has 0 radical (unpaired) electrons. The van der Waals surface area contributed by atoms with Gasteiger partial charge in [0.25, 0.3) is 11.1 Å². The van der Waals surface area contributed by atoms with E-state index in [1.165, 1.54) is 12.1 Å². The van der Waals surface area contributed by atoms with E-state index in [2.05, 4.69) is 5.32 Å². The first-order chi connectivity index (χ1) is 16.4. The van der Waals surface area contributed by atoms with E-state index >= 15 is 0 Å². The number of ether oxygens (including phenoxy) is 1. The summed E-state index contributed by atoms with van der Waals surface area (Å²) < 4.78 is 19.0. The van der Waals surface area contributed by atoms with Crippen molar-refractivity contribution < 1.29 is 23.5 Å². The number of aryl methyl sites for hydroxylation is 1. The van der Waals surface area contributed by atoms with Crippen LogP contribution in [0, 0.1) is 12.7 Å². The molecule has 0 spiro atoms. The molecule has 172 valence electrons. The topological polar surface area (TPSA) is 75.7 Å². The van der Waals surface area contributed by atoms with Crippen molar-refractivity contribution in [2.24, 2.45) is 0 Å². The first-order valence-corrected chi connectivity index (χ1v) is 11.3. The number of rotatable bonds is 7. The number of carbonyl (C=O) groups is 3. The van der Waals surface area contributed by atoms with Gasteiger partial charge in [0.15, 0.2) is 0 Å². The highest BCUT2D eigenvalue weighted by Gasteiger charge is 2.36. The molecule has 34 heavy (non-hydrogen) atoms. The largest absolute Gasteiger partial charge is 0.488 e. The van der Waals surface area contributed by atoms with Crippen molar-refractivity contribution in [2.75, 3.05) is 11.9 Å². The minimum absolute atomic E-state index is 0.200. The molecule has 1 saturated heterocycles. The summed E-state index contributed by atoms with van der Waals surface area (Å²) in [4.78, 5) is 38.8. The number of halogens is 1.